The molecule has 0 unspecified atom stereocenters. The van der Waals surface area contributed by atoms with E-state index in [1.54, 1.807) is 0 Å². The quantitative estimate of drug-likeness (QED) is 0.499. The molecule has 4 rings (SSSR count). The molecular weight excluding hydrogens is 393 g/mol. The molecule has 0 radical (unpaired) electrons. The minimum absolute atomic E-state index is 0.0147. The van der Waals surface area contributed by atoms with Crippen molar-refractivity contribution in [1.29, 1.82) is 0 Å². The summed E-state index contributed by atoms with van der Waals surface area (Å²) in [5.74, 6) is -0.487. The van der Waals surface area contributed by atoms with Gasteiger partial charge in [-0.15, -0.1) is 10.2 Å². The van der Waals surface area contributed by atoms with Crippen molar-refractivity contribution < 1.29 is 22.6 Å². The Morgan fingerprint density at radius 1 is 0.964 bits per heavy atom. The number of halogens is 3. The van der Waals surface area contributed by atoms with Crippen LogP contribution in [0.25, 0.3) is 16.7 Å². The normalized spacial score (nSPS) is 11.9. The van der Waals surface area contributed by atoms with E-state index in [-0.39, 0.29) is 16.9 Å². The summed E-state index contributed by atoms with van der Waals surface area (Å²) in [7, 11) is 2.85. The highest BCUT2D eigenvalue weighted by Gasteiger charge is 2.38. The van der Waals surface area contributed by atoms with Gasteiger partial charge in [0, 0.05) is 17.0 Å². The molecule has 0 saturated heterocycles. The average molecular weight is 406 g/mol. The Hall–Kier alpha value is -3.01. The molecule has 4 aromatic rings. The largest absolute Gasteiger partial charge is 0.493 e. The summed E-state index contributed by atoms with van der Waals surface area (Å²) in [6.07, 6.45) is -4.68. The number of fused-ring (bicyclic) bond motifs is 3. The van der Waals surface area contributed by atoms with Gasteiger partial charge in [0.1, 0.15) is 5.03 Å². The van der Waals surface area contributed by atoms with Crippen LogP contribution in [-0.4, -0.2) is 33.8 Å². The number of rotatable bonds is 4. The lowest BCUT2D eigenvalue weighted by Gasteiger charge is -2.13. The van der Waals surface area contributed by atoms with Gasteiger partial charge in [-0.05, 0) is 12.1 Å². The Morgan fingerprint density at radius 2 is 1.64 bits per heavy atom. The predicted molar refractivity (Wildman–Crippen MR) is 97.0 cm³/mol. The molecule has 0 atom stereocenters. The Kier molecular flexibility index (Phi) is 4.50. The zero-order valence-corrected chi connectivity index (χ0v) is 15.5. The second kappa shape index (κ2) is 6.86. The van der Waals surface area contributed by atoms with E-state index < -0.39 is 12.0 Å². The summed E-state index contributed by atoms with van der Waals surface area (Å²) in [6, 6.07) is 12.2. The van der Waals surface area contributed by atoms with Crippen LogP contribution >= 0.6 is 11.8 Å². The van der Waals surface area contributed by atoms with Crippen molar-refractivity contribution in [1.82, 2.24) is 19.6 Å². The van der Waals surface area contributed by atoms with Gasteiger partial charge in [-0.1, -0.05) is 30.0 Å². The molecule has 6 nitrogen and oxygen atoms in total. The highest BCUT2D eigenvalue weighted by Crippen LogP contribution is 2.38. The van der Waals surface area contributed by atoms with Crippen LogP contribution in [0.15, 0.2) is 52.4 Å². The molecule has 144 valence electrons. The molecule has 28 heavy (non-hydrogen) atoms. The topological polar surface area (TPSA) is 61.5 Å². The van der Waals surface area contributed by atoms with Gasteiger partial charge in [-0.3, -0.25) is 4.40 Å². The first-order valence-electron chi connectivity index (χ1n) is 8.03. The van der Waals surface area contributed by atoms with Gasteiger partial charge in [-0.25, -0.2) is 4.98 Å². The third-order valence-electron chi connectivity index (χ3n) is 4.01. The van der Waals surface area contributed by atoms with Crippen molar-refractivity contribution in [2.75, 3.05) is 14.2 Å². The average Bonchev–Trinajstić information content (AvgIpc) is 3.14. The zero-order chi connectivity index (χ0) is 19.9. The number of aromatic nitrogens is 4. The smallest absolute Gasteiger partial charge is 0.452 e. The van der Waals surface area contributed by atoms with E-state index in [9.17, 15) is 13.2 Å². The van der Waals surface area contributed by atoms with E-state index in [2.05, 4.69) is 15.2 Å². The van der Waals surface area contributed by atoms with Gasteiger partial charge in [0.15, 0.2) is 17.1 Å². The standard InChI is InChI=1S/C18H13F3N4O2S/c1-26-13-8-11-12(9-14(13)27-2)25-15(23-24-17(25)18(19,20)21)16(22-11)28-10-6-4-3-5-7-10/h3-9H,1-2H3. The molecule has 0 saturated carbocycles. The number of nitrogens with zero attached hydrogens (tertiary/aromatic N) is 4. The first kappa shape index (κ1) is 18.4. The van der Waals surface area contributed by atoms with Gasteiger partial charge in [-0.2, -0.15) is 13.2 Å². The molecule has 0 fully saturated rings. The lowest BCUT2D eigenvalue weighted by atomic mass is 10.2. The second-order valence-corrected chi connectivity index (χ2v) is 6.77. The molecular formula is C18H13F3N4O2S. The fourth-order valence-corrected chi connectivity index (χ4v) is 3.67. The summed E-state index contributed by atoms with van der Waals surface area (Å²) in [5, 5.41) is 7.45. The summed E-state index contributed by atoms with van der Waals surface area (Å²) < 4.78 is 52.1. The number of methoxy groups -OCH3 is 2. The summed E-state index contributed by atoms with van der Waals surface area (Å²) in [4.78, 5) is 5.33. The second-order valence-electron chi connectivity index (χ2n) is 5.71. The van der Waals surface area contributed by atoms with Crippen molar-refractivity contribution in [3.63, 3.8) is 0 Å². The number of hydrogen-bond donors (Lipinski definition) is 0. The highest BCUT2D eigenvalue weighted by atomic mass is 32.2. The molecule has 2 aromatic carbocycles. The minimum atomic E-state index is -4.68. The van der Waals surface area contributed by atoms with Crippen molar-refractivity contribution in [2.45, 2.75) is 16.1 Å². The van der Waals surface area contributed by atoms with Gasteiger partial charge < -0.3 is 9.47 Å². The lowest BCUT2D eigenvalue weighted by Crippen LogP contribution is -2.12. The summed E-state index contributed by atoms with van der Waals surface area (Å²) in [5.41, 5.74) is 0.483. The monoisotopic (exact) mass is 406 g/mol. The molecule has 2 aromatic heterocycles. The maximum Gasteiger partial charge on any atom is 0.452 e. The van der Waals surface area contributed by atoms with Crippen LogP contribution in [0.4, 0.5) is 13.2 Å². The van der Waals surface area contributed by atoms with Crippen molar-refractivity contribution in [3.05, 3.63) is 48.3 Å². The van der Waals surface area contributed by atoms with E-state index in [0.29, 0.717) is 16.3 Å². The van der Waals surface area contributed by atoms with Gasteiger partial charge in [0.2, 0.25) is 5.82 Å². The van der Waals surface area contributed by atoms with Crippen molar-refractivity contribution in [2.24, 2.45) is 0 Å². The fourth-order valence-electron chi connectivity index (χ4n) is 2.79. The van der Waals surface area contributed by atoms with E-state index >= 15 is 0 Å². The number of hydrogen-bond acceptors (Lipinski definition) is 6. The molecule has 0 N–H and O–H groups in total. The molecule has 0 aliphatic heterocycles. The third-order valence-corrected chi connectivity index (χ3v) is 4.98. The molecule has 0 spiro atoms. The molecule has 0 aliphatic rings. The Labute approximate surface area is 161 Å². The Bertz CT molecular complexity index is 1160. The van der Waals surface area contributed by atoms with Crippen molar-refractivity contribution >= 4 is 28.4 Å². The molecule has 0 amide bonds. The lowest BCUT2D eigenvalue weighted by molar-refractivity contribution is -0.145. The van der Waals surface area contributed by atoms with Crippen LogP contribution in [0.2, 0.25) is 0 Å². The molecule has 2 heterocycles. The Balaban J connectivity index is 2.05. The highest BCUT2D eigenvalue weighted by molar-refractivity contribution is 7.99. The van der Waals surface area contributed by atoms with E-state index in [0.717, 1.165) is 9.30 Å². The fraction of sp³-hybridized carbons (Fsp3) is 0.167. The molecule has 10 heteroatoms. The molecule has 0 aliphatic carbocycles. The van der Waals surface area contributed by atoms with Crippen LogP contribution in [0, 0.1) is 0 Å². The van der Waals surface area contributed by atoms with Gasteiger partial charge in [0.25, 0.3) is 0 Å². The maximum atomic E-state index is 13.6. The van der Waals surface area contributed by atoms with Gasteiger partial charge >= 0.3 is 6.18 Å². The van der Waals surface area contributed by atoms with Crippen LogP contribution in [0.5, 0.6) is 11.5 Å². The SMILES string of the molecule is COc1cc2nc(Sc3ccccc3)c3nnc(C(F)(F)F)n3c2cc1OC. The first-order chi connectivity index (χ1) is 13.4. The van der Waals surface area contributed by atoms with Crippen LogP contribution < -0.4 is 9.47 Å². The summed E-state index contributed by atoms with van der Waals surface area (Å²) >= 11 is 1.21. The minimum Gasteiger partial charge on any atom is -0.493 e. The maximum absolute atomic E-state index is 13.6. The van der Waals surface area contributed by atoms with E-state index in [4.69, 9.17) is 9.47 Å². The van der Waals surface area contributed by atoms with Crippen LogP contribution in [0.3, 0.4) is 0 Å². The molecule has 0 bridgehead atoms. The van der Waals surface area contributed by atoms with Crippen LogP contribution in [0.1, 0.15) is 5.82 Å². The van der Waals surface area contributed by atoms with Crippen molar-refractivity contribution in [3.8, 4) is 11.5 Å². The van der Waals surface area contributed by atoms with Crippen LogP contribution in [-0.2, 0) is 6.18 Å². The third kappa shape index (κ3) is 3.09. The first-order valence-corrected chi connectivity index (χ1v) is 8.85. The number of ether oxygens (including phenoxy) is 2. The number of benzene rings is 2. The van der Waals surface area contributed by atoms with Gasteiger partial charge in [0.05, 0.1) is 25.3 Å². The van der Waals surface area contributed by atoms with E-state index in [1.807, 2.05) is 30.3 Å². The van der Waals surface area contributed by atoms with E-state index in [1.165, 1.54) is 38.1 Å². The number of alkyl halides is 3. The zero-order valence-electron chi connectivity index (χ0n) is 14.7. The summed E-state index contributed by atoms with van der Waals surface area (Å²) in [6.45, 7) is 0. The Morgan fingerprint density at radius 3 is 2.29 bits per heavy atom. The predicted octanol–water partition coefficient (Wildman–Crippen LogP) is 4.46.